The summed E-state index contributed by atoms with van der Waals surface area (Å²) in [4.78, 5) is 18.8. The van der Waals surface area contributed by atoms with Crippen molar-refractivity contribution in [2.24, 2.45) is 5.92 Å². The molecule has 2 fully saturated rings. The molecule has 0 amide bonds. The van der Waals surface area contributed by atoms with E-state index in [1.54, 1.807) is 6.92 Å². The van der Waals surface area contributed by atoms with Crippen LogP contribution in [-0.4, -0.2) is 41.1 Å². The highest BCUT2D eigenvalue weighted by Crippen LogP contribution is 2.35. The summed E-state index contributed by atoms with van der Waals surface area (Å²) in [6.45, 7) is 2.22. The van der Waals surface area contributed by atoms with Gasteiger partial charge in [-0.2, -0.15) is 4.31 Å². The third kappa shape index (κ3) is 2.64. The normalized spacial score (nSPS) is 28.1. The summed E-state index contributed by atoms with van der Waals surface area (Å²) < 4.78 is 27.2. The Balaban J connectivity index is 1.92. The van der Waals surface area contributed by atoms with Crippen LogP contribution in [0.4, 0.5) is 0 Å². The molecule has 2 heterocycles. The standard InChI is InChI=1S/C14H21N3O3S/c1-10-15-9-14(16-10)21(19,20)17-8-3-2-6-12(17)11-5-4-7-13(11)18/h9,11-12H,2-8H2,1H3,(H,15,16). The Morgan fingerprint density at radius 2 is 2.10 bits per heavy atom. The largest absolute Gasteiger partial charge is 0.332 e. The second kappa shape index (κ2) is 5.53. The smallest absolute Gasteiger partial charge is 0.260 e. The minimum atomic E-state index is -3.59. The maximum atomic E-state index is 12.8. The number of nitrogens with one attached hydrogen (secondary N) is 1. The number of carbonyl (C=O) groups is 1. The molecule has 1 saturated carbocycles. The summed E-state index contributed by atoms with van der Waals surface area (Å²) in [6.07, 6.45) is 6.29. The van der Waals surface area contributed by atoms with E-state index in [2.05, 4.69) is 9.97 Å². The molecule has 0 aromatic carbocycles. The quantitative estimate of drug-likeness (QED) is 0.919. The average molecular weight is 311 g/mol. The fourth-order valence-electron chi connectivity index (χ4n) is 3.54. The van der Waals surface area contributed by atoms with Gasteiger partial charge < -0.3 is 4.98 Å². The molecule has 1 aliphatic heterocycles. The molecule has 1 aromatic rings. The molecule has 0 radical (unpaired) electrons. The molecule has 1 N–H and O–H groups in total. The molecule has 6 nitrogen and oxygen atoms in total. The number of sulfonamides is 1. The van der Waals surface area contributed by atoms with Crippen LogP contribution in [0.25, 0.3) is 0 Å². The van der Waals surface area contributed by atoms with Gasteiger partial charge in [-0.25, -0.2) is 13.4 Å². The zero-order valence-corrected chi connectivity index (χ0v) is 13.0. The number of aromatic amines is 1. The lowest BCUT2D eigenvalue weighted by Crippen LogP contribution is -2.48. The molecule has 0 bridgehead atoms. The number of imidazole rings is 1. The van der Waals surface area contributed by atoms with Crippen LogP contribution in [-0.2, 0) is 14.8 Å². The van der Waals surface area contributed by atoms with E-state index in [9.17, 15) is 13.2 Å². The second-order valence-corrected chi connectivity index (χ2v) is 7.84. The zero-order valence-electron chi connectivity index (χ0n) is 12.2. The maximum Gasteiger partial charge on any atom is 0.260 e. The third-order valence-electron chi connectivity index (χ3n) is 4.58. The topological polar surface area (TPSA) is 83.1 Å². The molecule has 0 spiro atoms. The molecule has 7 heteroatoms. The van der Waals surface area contributed by atoms with Crippen molar-refractivity contribution in [2.45, 2.75) is 56.5 Å². The third-order valence-corrected chi connectivity index (χ3v) is 6.41. The zero-order chi connectivity index (χ0) is 15.0. The lowest BCUT2D eigenvalue weighted by molar-refractivity contribution is -0.122. The number of hydrogen-bond acceptors (Lipinski definition) is 4. The Hall–Kier alpha value is -1.21. The first-order valence-electron chi connectivity index (χ1n) is 7.56. The van der Waals surface area contributed by atoms with Crippen molar-refractivity contribution < 1.29 is 13.2 Å². The monoisotopic (exact) mass is 311 g/mol. The van der Waals surface area contributed by atoms with E-state index in [0.29, 0.717) is 18.8 Å². The molecular weight excluding hydrogens is 290 g/mol. The van der Waals surface area contributed by atoms with Gasteiger partial charge in [0, 0.05) is 24.9 Å². The Morgan fingerprint density at radius 1 is 1.29 bits per heavy atom. The Kier molecular flexibility index (Phi) is 3.88. The number of nitrogens with zero attached hydrogens (tertiary/aromatic N) is 2. The summed E-state index contributed by atoms with van der Waals surface area (Å²) >= 11 is 0. The van der Waals surface area contributed by atoms with Crippen molar-refractivity contribution in [3.63, 3.8) is 0 Å². The summed E-state index contributed by atoms with van der Waals surface area (Å²) in [6, 6.07) is -0.178. The lowest BCUT2D eigenvalue weighted by atomic mass is 9.90. The Labute approximate surface area is 125 Å². The van der Waals surface area contributed by atoms with Crippen molar-refractivity contribution in [3.8, 4) is 0 Å². The molecule has 2 unspecified atom stereocenters. The number of ketones is 1. The molecule has 1 aliphatic carbocycles. The average Bonchev–Trinajstić information content (AvgIpc) is 3.08. The van der Waals surface area contributed by atoms with Crippen LogP contribution in [0.1, 0.15) is 44.3 Å². The first-order chi connectivity index (χ1) is 10.00. The van der Waals surface area contributed by atoms with Crippen molar-refractivity contribution in [3.05, 3.63) is 12.0 Å². The van der Waals surface area contributed by atoms with Crippen LogP contribution in [0, 0.1) is 12.8 Å². The number of aromatic nitrogens is 2. The van der Waals surface area contributed by atoms with Crippen LogP contribution < -0.4 is 0 Å². The van der Waals surface area contributed by atoms with Crippen molar-refractivity contribution in [1.82, 2.24) is 14.3 Å². The Bertz CT molecular complexity index is 638. The second-order valence-electron chi connectivity index (χ2n) is 5.98. The van der Waals surface area contributed by atoms with Crippen LogP contribution in [0.3, 0.4) is 0 Å². The highest BCUT2D eigenvalue weighted by atomic mass is 32.2. The van der Waals surface area contributed by atoms with Gasteiger partial charge in [0.05, 0.1) is 6.20 Å². The summed E-state index contributed by atoms with van der Waals surface area (Å²) in [5.74, 6) is 0.686. The van der Waals surface area contributed by atoms with E-state index in [-0.39, 0.29) is 22.8 Å². The van der Waals surface area contributed by atoms with E-state index in [1.165, 1.54) is 10.5 Å². The predicted molar refractivity (Wildman–Crippen MR) is 77.2 cm³/mol. The molecule has 3 rings (SSSR count). The number of rotatable bonds is 3. The SMILES string of the molecule is Cc1ncc(S(=O)(=O)N2CCCCC2C2CCCC2=O)[nH]1. The van der Waals surface area contributed by atoms with Gasteiger partial charge in [0.25, 0.3) is 10.0 Å². The highest BCUT2D eigenvalue weighted by molar-refractivity contribution is 7.89. The van der Waals surface area contributed by atoms with Crippen LogP contribution in [0.15, 0.2) is 11.2 Å². The number of carbonyl (C=O) groups excluding carboxylic acids is 1. The van der Waals surface area contributed by atoms with Gasteiger partial charge in [-0.15, -0.1) is 0 Å². The first kappa shape index (κ1) is 14.7. The number of hydrogen-bond donors (Lipinski definition) is 1. The first-order valence-corrected chi connectivity index (χ1v) is 9.00. The van der Waals surface area contributed by atoms with Gasteiger partial charge in [0.2, 0.25) is 0 Å². The minimum absolute atomic E-state index is 0.121. The fourth-order valence-corrected chi connectivity index (χ4v) is 5.23. The molecule has 116 valence electrons. The fraction of sp³-hybridized carbons (Fsp3) is 0.714. The molecule has 21 heavy (non-hydrogen) atoms. The van der Waals surface area contributed by atoms with E-state index < -0.39 is 10.0 Å². The van der Waals surface area contributed by atoms with Gasteiger partial charge in [-0.05, 0) is 32.6 Å². The minimum Gasteiger partial charge on any atom is -0.332 e. The van der Waals surface area contributed by atoms with E-state index in [1.807, 2.05) is 0 Å². The number of Topliss-reactive ketones (excluding diaryl/α,β-unsaturated/α-hetero) is 1. The molecule has 2 aliphatic rings. The summed E-state index contributed by atoms with van der Waals surface area (Å²) in [5, 5.41) is 0.136. The molecule has 1 saturated heterocycles. The van der Waals surface area contributed by atoms with Crippen LogP contribution >= 0.6 is 0 Å². The van der Waals surface area contributed by atoms with Gasteiger partial charge >= 0.3 is 0 Å². The van der Waals surface area contributed by atoms with Crippen molar-refractivity contribution >= 4 is 15.8 Å². The number of aryl methyl sites for hydroxylation is 1. The maximum absolute atomic E-state index is 12.8. The summed E-state index contributed by atoms with van der Waals surface area (Å²) in [5.41, 5.74) is 0. The predicted octanol–water partition coefficient (Wildman–Crippen LogP) is 1.63. The number of H-pyrrole nitrogens is 1. The van der Waals surface area contributed by atoms with Crippen molar-refractivity contribution in [2.75, 3.05) is 6.54 Å². The van der Waals surface area contributed by atoms with Gasteiger partial charge in [-0.1, -0.05) is 6.42 Å². The van der Waals surface area contributed by atoms with Gasteiger partial charge in [-0.3, -0.25) is 4.79 Å². The van der Waals surface area contributed by atoms with Crippen LogP contribution in [0.5, 0.6) is 0 Å². The van der Waals surface area contributed by atoms with E-state index in [0.717, 1.165) is 32.1 Å². The summed E-state index contributed by atoms with van der Waals surface area (Å²) in [7, 11) is -3.59. The molecular formula is C14H21N3O3S. The van der Waals surface area contributed by atoms with Gasteiger partial charge in [0.1, 0.15) is 11.6 Å². The molecule has 2 atom stereocenters. The van der Waals surface area contributed by atoms with E-state index in [4.69, 9.17) is 0 Å². The van der Waals surface area contributed by atoms with Gasteiger partial charge in [0.15, 0.2) is 5.03 Å². The lowest BCUT2D eigenvalue weighted by Gasteiger charge is -2.37. The molecule has 1 aromatic heterocycles. The van der Waals surface area contributed by atoms with Crippen molar-refractivity contribution in [1.29, 1.82) is 0 Å². The van der Waals surface area contributed by atoms with Crippen LogP contribution in [0.2, 0.25) is 0 Å². The Morgan fingerprint density at radius 3 is 2.71 bits per heavy atom. The number of piperidine rings is 1. The highest BCUT2D eigenvalue weighted by Gasteiger charge is 2.42. The van der Waals surface area contributed by atoms with E-state index >= 15 is 0 Å².